The summed E-state index contributed by atoms with van der Waals surface area (Å²) in [5, 5.41) is 11.0. The number of phenols is 1. The molecule has 17 heavy (non-hydrogen) atoms. The highest BCUT2D eigenvalue weighted by Crippen LogP contribution is 2.30. The molecule has 1 amide bonds. The van der Waals surface area contributed by atoms with E-state index >= 15 is 0 Å². The Kier molecular flexibility index (Phi) is 2.37. The molecular weight excluding hydrogens is 218 g/mol. The molecule has 3 aliphatic rings. The minimum atomic E-state index is -0.276. The molecule has 2 aliphatic heterocycles. The number of carbonyl (C=O) groups excluding carboxylic acids is 1. The molecule has 4 heteroatoms. The summed E-state index contributed by atoms with van der Waals surface area (Å²) in [6.45, 7) is 0. The van der Waals surface area contributed by atoms with E-state index in [1.54, 1.807) is 18.2 Å². The van der Waals surface area contributed by atoms with E-state index in [-0.39, 0.29) is 29.4 Å². The van der Waals surface area contributed by atoms with Crippen LogP contribution < -0.4 is 0 Å². The molecule has 1 aliphatic carbocycles. The smallest absolute Gasteiger partial charge is 0.281 e. The van der Waals surface area contributed by atoms with Gasteiger partial charge in [0.05, 0.1) is 11.6 Å². The number of nitrogens with zero attached hydrogens (tertiary/aromatic N) is 1. The molecule has 0 saturated carbocycles. The van der Waals surface area contributed by atoms with Gasteiger partial charge < -0.3 is 5.11 Å². The third-order valence-corrected chi connectivity index (χ3v) is 3.18. The molecule has 0 spiro atoms. The predicted molar refractivity (Wildman–Crippen MR) is 61.3 cm³/mol. The zero-order valence-corrected chi connectivity index (χ0v) is 9.24. The Hall–Kier alpha value is -1.81. The molecule has 88 valence electrons. The van der Waals surface area contributed by atoms with E-state index in [2.05, 4.69) is 0 Å². The molecule has 4 nitrogen and oxygen atoms in total. The number of benzene rings is 1. The number of amides is 1. The van der Waals surface area contributed by atoms with Crippen LogP contribution in [0.4, 0.5) is 0 Å². The van der Waals surface area contributed by atoms with Crippen LogP contribution in [-0.4, -0.2) is 28.2 Å². The molecule has 1 saturated heterocycles. The number of carbonyl (C=O) groups is 1. The largest absolute Gasteiger partial charge is 0.507 e. The Morgan fingerprint density at radius 2 is 2.12 bits per heavy atom. The van der Waals surface area contributed by atoms with Crippen LogP contribution in [0.15, 0.2) is 36.4 Å². The van der Waals surface area contributed by atoms with Gasteiger partial charge in [0.2, 0.25) is 0 Å². The van der Waals surface area contributed by atoms with Crippen molar-refractivity contribution >= 4 is 5.91 Å². The van der Waals surface area contributed by atoms with Crippen molar-refractivity contribution in [3.63, 3.8) is 0 Å². The van der Waals surface area contributed by atoms with Gasteiger partial charge in [-0.05, 0) is 25.0 Å². The van der Waals surface area contributed by atoms with Gasteiger partial charge in [0.1, 0.15) is 11.9 Å². The fraction of sp³-hybridized carbons (Fsp3) is 0.308. The zero-order chi connectivity index (χ0) is 11.8. The lowest BCUT2D eigenvalue weighted by Gasteiger charge is -2.40. The minimum Gasteiger partial charge on any atom is -0.507 e. The standard InChI is InChI=1S/C13H13NO3/c15-12-4-2-1-3-11(12)13(16)14-9-5-7-10(17-14)8-6-9/h1-5,7,9-10,15H,6,8H2. The van der Waals surface area contributed by atoms with E-state index in [1.165, 1.54) is 11.1 Å². The third-order valence-electron chi connectivity index (χ3n) is 3.18. The second kappa shape index (κ2) is 3.89. The maximum Gasteiger partial charge on any atom is 0.281 e. The average molecular weight is 231 g/mol. The van der Waals surface area contributed by atoms with Crippen molar-refractivity contribution in [2.75, 3.05) is 0 Å². The van der Waals surface area contributed by atoms with Crippen molar-refractivity contribution in [3.05, 3.63) is 42.0 Å². The molecule has 2 atom stereocenters. The molecule has 2 heterocycles. The summed E-state index contributed by atoms with van der Waals surface area (Å²) in [5.41, 5.74) is 0.286. The van der Waals surface area contributed by atoms with Crippen LogP contribution in [0.1, 0.15) is 23.2 Å². The summed E-state index contributed by atoms with van der Waals surface area (Å²) in [6, 6.07) is 6.52. The summed E-state index contributed by atoms with van der Waals surface area (Å²) >= 11 is 0. The molecule has 1 aromatic rings. The third kappa shape index (κ3) is 1.70. The van der Waals surface area contributed by atoms with Crippen LogP contribution in [0, 0.1) is 0 Å². The lowest BCUT2D eigenvalue weighted by molar-refractivity contribution is -0.197. The van der Waals surface area contributed by atoms with Crippen LogP contribution in [-0.2, 0) is 4.84 Å². The highest BCUT2D eigenvalue weighted by atomic mass is 16.7. The van der Waals surface area contributed by atoms with E-state index in [9.17, 15) is 9.90 Å². The topological polar surface area (TPSA) is 49.8 Å². The van der Waals surface area contributed by atoms with Crippen molar-refractivity contribution in [1.29, 1.82) is 0 Å². The van der Waals surface area contributed by atoms with Gasteiger partial charge in [-0.3, -0.25) is 9.63 Å². The second-order valence-electron chi connectivity index (χ2n) is 4.32. The lowest BCUT2D eigenvalue weighted by Crippen LogP contribution is -2.48. The number of aromatic hydroxyl groups is 1. The van der Waals surface area contributed by atoms with E-state index in [1.807, 2.05) is 12.2 Å². The lowest BCUT2D eigenvalue weighted by atomic mass is 9.98. The first kappa shape index (κ1) is 10.4. The molecule has 0 radical (unpaired) electrons. The molecule has 2 unspecified atom stereocenters. The number of phenolic OH excluding ortho intramolecular Hbond substituents is 1. The van der Waals surface area contributed by atoms with Gasteiger partial charge >= 0.3 is 0 Å². The summed E-state index contributed by atoms with van der Waals surface area (Å²) in [6.07, 6.45) is 5.85. The quantitative estimate of drug-likeness (QED) is 0.750. The van der Waals surface area contributed by atoms with Gasteiger partial charge in [-0.1, -0.05) is 24.3 Å². The van der Waals surface area contributed by atoms with E-state index in [0.717, 1.165) is 12.8 Å². The fourth-order valence-electron chi connectivity index (χ4n) is 2.26. The van der Waals surface area contributed by atoms with Gasteiger partial charge in [0.15, 0.2) is 0 Å². The van der Waals surface area contributed by atoms with E-state index in [4.69, 9.17) is 4.84 Å². The molecule has 2 bridgehead atoms. The Morgan fingerprint density at radius 1 is 1.29 bits per heavy atom. The normalized spacial score (nSPS) is 26.2. The van der Waals surface area contributed by atoms with Gasteiger partial charge in [-0.2, -0.15) is 0 Å². The summed E-state index contributed by atoms with van der Waals surface area (Å²) in [7, 11) is 0. The predicted octanol–water partition coefficient (Wildman–Crippen LogP) is 1.87. The number of hydroxylamine groups is 2. The maximum atomic E-state index is 12.2. The van der Waals surface area contributed by atoms with Crippen molar-refractivity contribution in [2.45, 2.75) is 25.0 Å². The molecular formula is C13H13NO3. The van der Waals surface area contributed by atoms with Crippen molar-refractivity contribution < 1.29 is 14.7 Å². The number of rotatable bonds is 1. The Bertz CT molecular complexity index is 483. The second-order valence-corrected chi connectivity index (χ2v) is 4.32. The van der Waals surface area contributed by atoms with Gasteiger partial charge in [-0.25, -0.2) is 5.06 Å². The van der Waals surface area contributed by atoms with Gasteiger partial charge in [0, 0.05) is 0 Å². The summed E-state index contributed by atoms with van der Waals surface area (Å²) < 4.78 is 0. The summed E-state index contributed by atoms with van der Waals surface area (Å²) in [5.74, 6) is -0.284. The Balaban J connectivity index is 1.89. The van der Waals surface area contributed by atoms with Crippen LogP contribution in [0.25, 0.3) is 0 Å². The van der Waals surface area contributed by atoms with Gasteiger partial charge in [-0.15, -0.1) is 0 Å². The molecule has 1 fully saturated rings. The monoisotopic (exact) mass is 231 g/mol. The molecule has 4 rings (SSSR count). The van der Waals surface area contributed by atoms with Crippen LogP contribution in [0.2, 0.25) is 0 Å². The SMILES string of the molecule is O=C(c1ccccc1O)N1OC2C=CC1CC2. The Morgan fingerprint density at radius 3 is 2.71 bits per heavy atom. The Labute approximate surface area is 99.1 Å². The first-order valence-electron chi connectivity index (χ1n) is 5.72. The molecule has 1 N–H and O–H groups in total. The first-order chi connectivity index (χ1) is 8.25. The van der Waals surface area contributed by atoms with Crippen LogP contribution in [0.5, 0.6) is 5.75 Å². The van der Waals surface area contributed by atoms with Crippen LogP contribution >= 0.6 is 0 Å². The van der Waals surface area contributed by atoms with Crippen LogP contribution in [0.3, 0.4) is 0 Å². The number of hydrogen-bond donors (Lipinski definition) is 1. The fourth-order valence-corrected chi connectivity index (χ4v) is 2.26. The van der Waals surface area contributed by atoms with Crippen molar-refractivity contribution in [2.24, 2.45) is 0 Å². The zero-order valence-electron chi connectivity index (χ0n) is 9.24. The van der Waals surface area contributed by atoms with Crippen molar-refractivity contribution in [3.8, 4) is 5.75 Å². The van der Waals surface area contributed by atoms with Gasteiger partial charge in [0.25, 0.3) is 5.91 Å². The average Bonchev–Trinajstić information content (AvgIpc) is 2.40. The molecule has 1 aromatic carbocycles. The van der Waals surface area contributed by atoms with E-state index in [0.29, 0.717) is 0 Å². The molecule has 0 aromatic heterocycles. The van der Waals surface area contributed by atoms with Crippen molar-refractivity contribution in [1.82, 2.24) is 5.06 Å². The summed E-state index contributed by atoms with van der Waals surface area (Å²) in [4.78, 5) is 17.8. The highest BCUT2D eigenvalue weighted by Gasteiger charge is 2.35. The minimum absolute atomic E-state index is 0.00481. The highest BCUT2D eigenvalue weighted by molar-refractivity contribution is 5.96. The maximum absolute atomic E-state index is 12.2. The number of fused-ring (bicyclic) bond motifs is 2. The van der Waals surface area contributed by atoms with E-state index < -0.39 is 0 Å². The first-order valence-corrected chi connectivity index (χ1v) is 5.72. The number of hydrogen-bond acceptors (Lipinski definition) is 3. The number of para-hydroxylation sites is 1.